The molecule has 7 heteroatoms. The number of fused-ring (bicyclic) bond motifs is 1. The highest BCUT2D eigenvalue weighted by molar-refractivity contribution is 5.85. The van der Waals surface area contributed by atoms with Gasteiger partial charge in [-0.2, -0.15) is 0 Å². The lowest BCUT2D eigenvalue weighted by Gasteiger charge is -2.28. The molecule has 0 saturated carbocycles. The van der Waals surface area contributed by atoms with E-state index in [0.29, 0.717) is 13.1 Å². The van der Waals surface area contributed by atoms with E-state index in [9.17, 15) is 14.4 Å². The van der Waals surface area contributed by atoms with Crippen LogP contribution in [0.5, 0.6) is 0 Å². The average molecular weight is 381 g/mol. The number of nitrogens with one attached hydrogen (secondary N) is 1. The molecule has 0 bridgehead atoms. The molecule has 1 heterocycles. The number of benzene rings is 2. The number of carbonyl (C=O) groups excluding carboxylic acids is 3. The van der Waals surface area contributed by atoms with Crippen molar-refractivity contribution in [3.63, 3.8) is 0 Å². The van der Waals surface area contributed by atoms with Crippen LogP contribution in [-0.4, -0.2) is 42.0 Å². The summed E-state index contributed by atoms with van der Waals surface area (Å²) in [5.41, 5.74) is 8.35. The first-order valence-electron chi connectivity index (χ1n) is 9.14. The van der Waals surface area contributed by atoms with E-state index < -0.39 is 18.0 Å². The fourth-order valence-corrected chi connectivity index (χ4v) is 3.25. The fraction of sp³-hybridized carbons (Fsp3) is 0.286. The Morgan fingerprint density at radius 2 is 1.71 bits per heavy atom. The number of nitrogens with two attached hydrogens (primary N) is 1. The Kier molecular flexibility index (Phi) is 6.26. The SMILES string of the molecule is NC(=O)N[C@@H](Cc1ccccc1)C(=O)OCC(=O)N1CCc2ccccc2C1. The van der Waals surface area contributed by atoms with Gasteiger partial charge in [0, 0.05) is 19.5 Å². The van der Waals surface area contributed by atoms with Crippen LogP contribution in [0.1, 0.15) is 16.7 Å². The molecule has 2 aromatic rings. The topological polar surface area (TPSA) is 102 Å². The zero-order valence-corrected chi connectivity index (χ0v) is 15.5. The first-order chi connectivity index (χ1) is 13.5. The quantitative estimate of drug-likeness (QED) is 0.738. The Hall–Kier alpha value is -3.35. The molecule has 0 aromatic heterocycles. The van der Waals surface area contributed by atoms with Gasteiger partial charge in [0.2, 0.25) is 0 Å². The lowest BCUT2D eigenvalue weighted by molar-refractivity contribution is -0.153. The summed E-state index contributed by atoms with van der Waals surface area (Å²) in [5.74, 6) is -0.950. The molecule has 0 aliphatic carbocycles. The number of carbonyl (C=O) groups is 3. The third-order valence-corrected chi connectivity index (χ3v) is 4.70. The first-order valence-corrected chi connectivity index (χ1v) is 9.14. The van der Waals surface area contributed by atoms with Gasteiger partial charge in [0.25, 0.3) is 5.91 Å². The van der Waals surface area contributed by atoms with Gasteiger partial charge in [-0.25, -0.2) is 9.59 Å². The van der Waals surface area contributed by atoms with E-state index in [2.05, 4.69) is 11.4 Å². The van der Waals surface area contributed by atoms with E-state index in [1.807, 2.05) is 48.5 Å². The van der Waals surface area contributed by atoms with Crippen LogP contribution in [0.25, 0.3) is 0 Å². The van der Waals surface area contributed by atoms with Crippen molar-refractivity contribution in [2.75, 3.05) is 13.2 Å². The summed E-state index contributed by atoms with van der Waals surface area (Å²) < 4.78 is 5.18. The third-order valence-electron chi connectivity index (χ3n) is 4.70. The summed E-state index contributed by atoms with van der Waals surface area (Å²) in [6, 6.07) is 15.4. The second-order valence-electron chi connectivity index (χ2n) is 6.69. The van der Waals surface area contributed by atoms with E-state index in [0.717, 1.165) is 17.5 Å². The van der Waals surface area contributed by atoms with Crippen molar-refractivity contribution in [3.05, 3.63) is 71.3 Å². The van der Waals surface area contributed by atoms with Gasteiger partial charge in [-0.15, -0.1) is 0 Å². The number of ether oxygens (including phenoxy) is 1. The molecule has 1 aliphatic rings. The third kappa shape index (κ3) is 5.09. The summed E-state index contributed by atoms with van der Waals surface area (Å²) in [4.78, 5) is 37.8. The Balaban J connectivity index is 1.56. The molecule has 3 N–H and O–H groups in total. The van der Waals surface area contributed by atoms with Crippen molar-refractivity contribution in [1.82, 2.24) is 10.2 Å². The van der Waals surface area contributed by atoms with Crippen LogP contribution in [0.3, 0.4) is 0 Å². The van der Waals surface area contributed by atoms with Crippen LogP contribution in [0.15, 0.2) is 54.6 Å². The highest BCUT2D eigenvalue weighted by atomic mass is 16.5. The van der Waals surface area contributed by atoms with E-state index in [1.165, 1.54) is 5.56 Å². The molecule has 0 unspecified atom stereocenters. The Morgan fingerprint density at radius 3 is 2.43 bits per heavy atom. The number of amides is 3. The predicted octanol–water partition coefficient (Wildman–Crippen LogP) is 1.39. The van der Waals surface area contributed by atoms with E-state index in [4.69, 9.17) is 10.5 Å². The number of hydrogen-bond acceptors (Lipinski definition) is 4. The maximum Gasteiger partial charge on any atom is 0.329 e. The molecular formula is C21H23N3O4. The van der Waals surface area contributed by atoms with Gasteiger partial charge < -0.3 is 20.7 Å². The zero-order chi connectivity index (χ0) is 19.9. The van der Waals surface area contributed by atoms with Gasteiger partial charge in [0.1, 0.15) is 6.04 Å². The second kappa shape index (κ2) is 9.03. The molecule has 0 radical (unpaired) electrons. The smallest absolute Gasteiger partial charge is 0.329 e. The van der Waals surface area contributed by atoms with Gasteiger partial charge in [-0.05, 0) is 23.1 Å². The summed E-state index contributed by atoms with van der Waals surface area (Å²) in [5, 5.41) is 2.38. The second-order valence-corrected chi connectivity index (χ2v) is 6.69. The van der Waals surface area contributed by atoms with E-state index in [-0.39, 0.29) is 18.9 Å². The molecule has 0 saturated heterocycles. The Labute approximate surface area is 163 Å². The normalized spacial score (nSPS) is 13.9. The van der Waals surface area contributed by atoms with Crippen LogP contribution in [0.4, 0.5) is 4.79 Å². The fourth-order valence-electron chi connectivity index (χ4n) is 3.25. The monoisotopic (exact) mass is 381 g/mol. The summed E-state index contributed by atoms with van der Waals surface area (Å²) >= 11 is 0. The predicted molar refractivity (Wildman–Crippen MR) is 103 cm³/mol. The number of hydrogen-bond donors (Lipinski definition) is 2. The summed E-state index contributed by atoms with van der Waals surface area (Å²) in [7, 11) is 0. The molecule has 146 valence electrons. The Bertz CT molecular complexity index is 854. The number of primary amides is 1. The minimum absolute atomic E-state index is 0.230. The van der Waals surface area contributed by atoms with Crippen molar-refractivity contribution in [3.8, 4) is 0 Å². The lowest BCUT2D eigenvalue weighted by Crippen LogP contribution is -2.47. The van der Waals surface area contributed by atoms with Crippen LogP contribution < -0.4 is 11.1 Å². The first kappa shape index (κ1) is 19.4. The molecule has 3 rings (SSSR count). The Morgan fingerprint density at radius 1 is 1.04 bits per heavy atom. The molecule has 1 atom stereocenters. The molecule has 3 amide bonds. The molecule has 7 nitrogen and oxygen atoms in total. The maximum atomic E-state index is 12.5. The van der Waals surface area contributed by atoms with Crippen molar-refractivity contribution in [1.29, 1.82) is 0 Å². The van der Waals surface area contributed by atoms with Gasteiger partial charge in [-0.1, -0.05) is 54.6 Å². The van der Waals surface area contributed by atoms with Crippen molar-refractivity contribution >= 4 is 17.9 Å². The summed E-state index contributed by atoms with van der Waals surface area (Å²) in [6.45, 7) is 0.715. The summed E-state index contributed by atoms with van der Waals surface area (Å²) in [6.07, 6.45) is 1.00. The lowest BCUT2D eigenvalue weighted by atomic mass is 10.00. The van der Waals surface area contributed by atoms with E-state index in [1.54, 1.807) is 4.90 Å². The molecular weight excluding hydrogens is 358 g/mol. The molecule has 0 spiro atoms. The minimum Gasteiger partial charge on any atom is -0.454 e. The van der Waals surface area contributed by atoms with Crippen molar-refractivity contribution in [2.24, 2.45) is 5.73 Å². The van der Waals surface area contributed by atoms with Crippen molar-refractivity contribution in [2.45, 2.75) is 25.4 Å². The van der Waals surface area contributed by atoms with Gasteiger partial charge in [0.05, 0.1) is 0 Å². The van der Waals surface area contributed by atoms with E-state index >= 15 is 0 Å². The average Bonchev–Trinajstić information content (AvgIpc) is 2.71. The number of esters is 1. The van der Waals surface area contributed by atoms with Crippen LogP contribution in [0.2, 0.25) is 0 Å². The molecule has 28 heavy (non-hydrogen) atoms. The highest BCUT2D eigenvalue weighted by Gasteiger charge is 2.25. The molecule has 0 fully saturated rings. The highest BCUT2D eigenvalue weighted by Crippen LogP contribution is 2.18. The number of nitrogens with zero attached hydrogens (tertiary/aromatic N) is 1. The number of rotatable bonds is 6. The van der Waals surface area contributed by atoms with Gasteiger partial charge >= 0.3 is 12.0 Å². The largest absolute Gasteiger partial charge is 0.454 e. The zero-order valence-electron chi connectivity index (χ0n) is 15.5. The molecule has 1 aliphatic heterocycles. The molecule has 2 aromatic carbocycles. The van der Waals surface area contributed by atoms with Crippen LogP contribution in [0, 0.1) is 0 Å². The van der Waals surface area contributed by atoms with Crippen LogP contribution in [-0.2, 0) is 33.7 Å². The van der Waals surface area contributed by atoms with Gasteiger partial charge in [0.15, 0.2) is 6.61 Å². The standard InChI is InChI=1S/C21H23N3O4/c22-21(27)23-18(12-15-6-2-1-3-7-15)20(26)28-14-19(25)24-11-10-16-8-4-5-9-17(16)13-24/h1-9,18H,10-14H2,(H3,22,23,27)/t18-/m0/s1. The van der Waals surface area contributed by atoms with Gasteiger partial charge in [-0.3, -0.25) is 4.79 Å². The van der Waals surface area contributed by atoms with Crippen LogP contribution >= 0.6 is 0 Å². The number of urea groups is 1. The van der Waals surface area contributed by atoms with Crippen molar-refractivity contribution < 1.29 is 19.1 Å². The minimum atomic E-state index is -0.949. The maximum absolute atomic E-state index is 12.5.